The largest absolute Gasteiger partial charge is 0.481 e. The van der Waals surface area contributed by atoms with Crippen molar-refractivity contribution >= 4 is 18.0 Å². The standard InChI is InChI=1S/C25H28N2O6/c1-32-17(11-23(28)27-13-16(14-27)10-24(29)30)12-26-25(31)33-15-22-20-8-4-2-6-18(20)19-7-3-5-9-21(19)22/h2-9,16-17,22H,10-15H2,1H3,(H,26,31)(H,29,30). The third-order valence-corrected chi connectivity index (χ3v) is 6.33. The molecule has 1 saturated heterocycles. The van der Waals surface area contributed by atoms with Crippen molar-refractivity contribution < 1.29 is 29.0 Å². The first-order valence-corrected chi connectivity index (χ1v) is 11.1. The molecule has 2 aromatic carbocycles. The van der Waals surface area contributed by atoms with Crippen LogP contribution in [0.25, 0.3) is 11.1 Å². The Morgan fingerprint density at radius 3 is 2.24 bits per heavy atom. The van der Waals surface area contributed by atoms with E-state index in [1.54, 1.807) is 4.90 Å². The minimum absolute atomic E-state index is 0.00592. The highest BCUT2D eigenvalue weighted by atomic mass is 16.5. The monoisotopic (exact) mass is 452 g/mol. The molecule has 33 heavy (non-hydrogen) atoms. The predicted molar refractivity (Wildman–Crippen MR) is 121 cm³/mol. The van der Waals surface area contributed by atoms with Gasteiger partial charge in [0.1, 0.15) is 6.61 Å². The molecule has 1 heterocycles. The van der Waals surface area contributed by atoms with Crippen molar-refractivity contribution in [2.75, 3.05) is 33.4 Å². The summed E-state index contributed by atoms with van der Waals surface area (Å²) in [5.74, 6) is -0.980. The molecule has 4 rings (SSSR count). The normalized spacial score (nSPS) is 15.8. The first-order valence-electron chi connectivity index (χ1n) is 11.1. The van der Waals surface area contributed by atoms with E-state index in [-0.39, 0.29) is 43.7 Å². The number of alkyl carbamates (subject to hydrolysis) is 1. The topological polar surface area (TPSA) is 105 Å². The van der Waals surface area contributed by atoms with Crippen molar-refractivity contribution in [2.24, 2.45) is 5.92 Å². The van der Waals surface area contributed by atoms with E-state index in [2.05, 4.69) is 29.6 Å². The number of hydrogen-bond acceptors (Lipinski definition) is 5. The van der Waals surface area contributed by atoms with Crippen LogP contribution in [0.4, 0.5) is 4.79 Å². The molecule has 2 aliphatic rings. The summed E-state index contributed by atoms with van der Waals surface area (Å²) in [6.07, 6.45) is -0.867. The van der Waals surface area contributed by atoms with Gasteiger partial charge in [-0.15, -0.1) is 0 Å². The molecule has 8 nitrogen and oxygen atoms in total. The molecule has 0 aromatic heterocycles. The molecule has 2 aromatic rings. The van der Waals surface area contributed by atoms with Crippen LogP contribution >= 0.6 is 0 Å². The molecule has 2 amide bonds. The molecule has 0 radical (unpaired) electrons. The van der Waals surface area contributed by atoms with Gasteiger partial charge < -0.3 is 24.8 Å². The van der Waals surface area contributed by atoms with Crippen molar-refractivity contribution in [2.45, 2.75) is 24.9 Å². The van der Waals surface area contributed by atoms with Gasteiger partial charge in [-0.3, -0.25) is 9.59 Å². The van der Waals surface area contributed by atoms with Crippen LogP contribution in [-0.4, -0.2) is 67.4 Å². The Bertz CT molecular complexity index is 988. The fourth-order valence-corrected chi connectivity index (χ4v) is 4.56. The van der Waals surface area contributed by atoms with Crippen molar-refractivity contribution in [3.8, 4) is 11.1 Å². The lowest BCUT2D eigenvalue weighted by molar-refractivity contribution is -0.146. The molecule has 1 aliphatic carbocycles. The molecule has 1 aliphatic heterocycles. The summed E-state index contributed by atoms with van der Waals surface area (Å²) in [7, 11) is 1.49. The lowest BCUT2D eigenvalue weighted by Gasteiger charge is -2.39. The van der Waals surface area contributed by atoms with Crippen LogP contribution in [0.1, 0.15) is 29.9 Å². The van der Waals surface area contributed by atoms with Crippen LogP contribution < -0.4 is 5.32 Å². The quantitative estimate of drug-likeness (QED) is 0.606. The summed E-state index contributed by atoms with van der Waals surface area (Å²) < 4.78 is 10.9. The zero-order valence-electron chi connectivity index (χ0n) is 18.5. The number of hydrogen-bond donors (Lipinski definition) is 2. The number of fused-ring (bicyclic) bond motifs is 3. The van der Waals surface area contributed by atoms with E-state index in [0.29, 0.717) is 13.1 Å². The average molecular weight is 453 g/mol. The van der Waals surface area contributed by atoms with E-state index < -0.39 is 18.2 Å². The third-order valence-electron chi connectivity index (χ3n) is 6.33. The van der Waals surface area contributed by atoms with Crippen LogP contribution in [0.15, 0.2) is 48.5 Å². The first-order chi connectivity index (χ1) is 16.0. The minimum atomic E-state index is -0.853. The van der Waals surface area contributed by atoms with Gasteiger partial charge >= 0.3 is 12.1 Å². The number of amides is 2. The summed E-state index contributed by atoms with van der Waals surface area (Å²) in [6, 6.07) is 16.3. The van der Waals surface area contributed by atoms with Crippen molar-refractivity contribution in [3.05, 3.63) is 59.7 Å². The van der Waals surface area contributed by atoms with E-state index in [4.69, 9.17) is 14.6 Å². The highest BCUT2D eigenvalue weighted by Crippen LogP contribution is 2.44. The van der Waals surface area contributed by atoms with Gasteiger partial charge in [0, 0.05) is 38.6 Å². The Labute approximate surface area is 192 Å². The van der Waals surface area contributed by atoms with Gasteiger partial charge in [-0.1, -0.05) is 48.5 Å². The highest BCUT2D eigenvalue weighted by molar-refractivity contribution is 5.79. The Kier molecular flexibility index (Phi) is 6.93. The molecule has 8 heteroatoms. The number of carbonyl (C=O) groups is 3. The van der Waals surface area contributed by atoms with Gasteiger partial charge in [0.2, 0.25) is 5.91 Å². The molecule has 0 spiro atoms. The molecule has 0 bridgehead atoms. The number of nitrogens with one attached hydrogen (secondary N) is 1. The van der Waals surface area contributed by atoms with Gasteiger partial charge in [-0.05, 0) is 22.3 Å². The Morgan fingerprint density at radius 2 is 1.67 bits per heavy atom. The molecule has 1 fully saturated rings. The van der Waals surface area contributed by atoms with E-state index in [9.17, 15) is 14.4 Å². The number of likely N-dealkylation sites (tertiary alicyclic amines) is 1. The lowest BCUT2D eigenvalue weighted by atomic mass is 9.96. The fraction of sp³-hybridized carbons (Fsp3) is 0.400. The maximum Gasteiger partial charge on any atom is 0.407 e. The second-order valence-corrected chi connectivity index (χ2v) is 8.53. The minimum Gasteiger partial charge on any atom is -0.481 e. The van der Waals surface area contributed by atoms with Gasteiger partial charge in [0.25, 0.3) is 0 Å². The number of rotatable bonds is 9. The summed E-state index contributed by atoms with van der Waals surface area (Å²) in [6.45, 7) is 1.25. The number of carbonyl (C=O) groups excluding carboxylic acids is 2. The molecular formula is C25H28N2O6. The van der Waals surface area contributed by atoms with Gasteiger partial charge in [0.05, 0.1) is 18.9 Å². The number of nitrogens with zero attached hydrogens (tertiary/aromatic N) is 1. The second kappa shape index (κ2) is 10.0. The average Bonchev–Trinajstić information content (AvgIpc) is 3.10. The SMILES string of the molecule is COC(CNC(=O)OCC1c2ccccc2-c2ccccc21)CC(=O)N1CC(CC(=O)O)C1. The molecule has 174 valence electrons. The van der Waals surface area contributed by atoms with Gasteiger partial charge in [0.15, 0.2) is 0 Å². The zero-order chi connectivity index (χ0) is 23.4. The summed E-state index contributed by atoms with van der Waals surface area (Å²) in [5, 5.41) is 11.5. The Hall–Kier alpha value is -3.39. The number of carboxylic acid groups (broad SMARTS) is 1. The van der Waals surface area contributed by atoms with E-state index >= 15 is 0 Å². The number of aliphatic carboxylic acids is 1. The van der Waals surface area contributed by atoms with Crippen molar-refractivity contribution in [1.29, 1.82) is 0 Å². The molecular weight excluding hydrogens is 424 g/mol. The molecule has 1 unspecified atom stereocenters. The van der Waals surface area contributed by atoms with Crippen LogP contribution in [0.2, 0.25) is 0 Å². The molecule has 0 saturated carbocycles. The maximum atomic E-state index is 12.4. The Morgan fingerprint density at radius 1 is 1.06 bits per heavy atom. The fourth-order valence-electron chi connectivity index (χ4n) is 4.56. The van der Waals surface area contributed by atoms with Crippen LogP contribution in [0.3, 0.4) is 0 Å². The molecule has 2 N–H and O–H groups in total. The van der Waals surface area contributed by atoms with Gasteiger partial charge in [-0.2, -0.15) is 0 Å². The smallest absolute Gasteiger partial charge is 0.407 e. The summed E-state index contributed by atoms with van der Waals surface area (Å²) in [4.78, 5) is 37.0. The molecule has 1 atom stereocenters. The number of ether oxygens (including phenoxy) is 2. The van der Waals surface area contributed by atoms with Crippen molar-refractivity contribution in [1.82, 2.24) is 10.2 Å². The number of methoxy groups -OCH3 is 1. The third kappa shape index (κ3) is 5.17. The summed E-state index contributed by atoms with van der Waals surface area (Å²) in [5.41, 5.74) is 4.61. The highest BCUT2D eigenvalue weighted by Gasteiger charge is 2.33. The number of benzene rings is 2. The van der Waals surface area contributed by atoms with Gasteiger partial charge in [-0.25, -0.2) is 4.79 Å². The van der Waals surface area contributed by atoms with E-state index in [0.717, 1.165) is 22.3 Å². The van der Waals surface area contributed by atoms with Crippen LogP contribution in [0, 0.1) is 5.92 Å². The second-order valence-electron chi connectivity index (χ2n) is 8.53. The van der Waals surface area contributed by atoms with E-state index in [1.165, 1.54) is 7.11 Å². The van der Waals surface area contributed by atoms with Crippen LogP contribution in [0.5, 0.6) is 0 Å². The van der Waals surface area contributed by atoms with Crippen LogP contribution in [-0.2, 0) is 19.1 Å². The van der Waals surface area contributed by atoms with E-state index in [1.807, 2.05) is 24.3 Å². The van der Waals surface area contributed by atoms with Crippen molar-refractivity contribution in [3.63, 3.8) is 0 Å². The first kappa shape index (κ1) is 22.8. The number of carboxylic acids is 1. The Balaban J connectivity index is 1.24. The predicted octanol–water partition coefficient (Wildman–Crippen LogP) is 2.86. The maximum absolute atomic E-state index is 12.4. The summed E-state index contributed by atoms with van der Waals surface area (Å²) >= 11 is 0. The zero-order valence-corrected chi connectivity index (χ0v) is 18.5. The lowest BCUT2D eigenvalue weighted by Crippen LogP contribution is -2.51.